The van der Waals surface area contributed by atoms with Crippen LogP contribution in [0.4, 0.5) is 5.69 Å². The largest absolute Gasteiger partial charge is 0.487 e. The number of carbonyl (C=O) groups excluding carboxylic acids is 1. The van der Waals surface area contributed by atoms with Gasteiger partial charge in [-0.1, -0.05) is 58.5 Å². The van der Waals surface area contributed by atoms with Gasteiger partial charge in [0.05, 0.1) is 23.8 Å². The zero-order valence-corrected chi connectivity index (χ0v) is 23.2. The summed E-state index contributed by atoms with van der Waals surface area (Å²) in [5.41, 5.74) is 1.63. The minimum Gasteiger partial charge on any atom is -0.487 e. The van der Waals surface area contributed by atoms with Gasteiger partial charge < -0.3 is 10.1 Å². The fourth-order valence-corrected chi connectivity index (χ4v) is 5.27. The summed E-state index contributed by atoms with van der Waals surface area (Å²) in [7, 11) is 0. The lowest BCUT2D eigenvalue weighted by molar-refractivity contribution is -0.112. The van der Waals surface area contributed by atoms with Gasteiger partial charge in [0.2, 0.25) is 0 Å². The summed E-state index contributed by atoms with van der Waals surface area (Å²) in [6.45, 7) is 0.242. The minimum absolute atomic E-state index is 0.102. The molecule has 0 aliphatic carbocycles. The summed E-state index contributed by atoms with van der Waals surface area (Å²) in [5, 5.41) is 13.7. The molecule has 168 valence electrons. The number of benzene rings is 3. The second kappa shape index (κ2) is 11.8. The molecule has 0 aliphatic rings. The Hall–Kier alpha value is -1.47. The van der Waals surface area contributed by atoms with E-state index in [9.17, 15) is 10.1 Å². The van der Waals surface area contributed by atoms with Crippen molar-refractivity contribution in [3.63, 3.8) is 0 Å². The van der Waals surface area contributed by atoms with Gasteiger partial charge in [0.25, 0.3) is 5.91 Å². The van der Waals surface area contributed by atoms with Crippen LogP contribution in [0.5, 0.6) is 5.75 Å². The molecule has 10 heteroatoms. The SMILES string of the molecule is N#C/C(=C/c1cc(Br)c(OCc2ccc(Cl)cc2Cl)c(I)c1)C(=O)Nc1cccc(Cl)c1Cl. The van der Waals surface area contributed by atoms with Crippen molar-refractivity contribution in [1.82, 2.24) is 0 Å². The standard InChI is InChI=1S/C23H12BrCl4IN2O2/c24-16-7-12(6-14(10-30)23(32)31-20-3-1-2-17(26)21(20)28)8-19(29)22(16)33-11-13-4-5-15(25)9-18(13)27/h1-9H,11H2,(H,31,32)/b14-6-. The first-order valence-corrected chi connectivity index (χ1v) is 12.5. The van der Waals surface area contributed by atoms with Crippen molar-refractivity contribution in [2.45, 2.75) is 6.61 Å². The molecule has 3 aromatic rings. The van der Waals surface area contributed by atoms with Gasteiger partial charge in [-0.05, 0) is 86.6 Å². The zero-order valence-electron chi connectivity index (χ0n) is 16.4. The Kier molecular flexibility index (Phi) is 9.34. The highest BCUT2D eigenvalue weighted by Gasteiger charge is 2.15. The monoisotopic (exact) mass is 694 g/mol. The number of ether oxygens (including phenoxy) is 1. The third-order valence-corrected chi connectivity index (χ3v) is 7.08. The fraction of sp³-hybridized carbons (Fsp3) is 0.0435. The quantitative estimate of drug-likeness (QED) is 0.159. The summed E-state index contributed by atoms with van der Waals surface area (Å²) < 4.78 is 7.36. The van der Waals surface area contributed by atoms with Crippen molar-refractivity contribution >= 4 is 103 Å². The second-order valence-electron chi connectivity index (χ2n) is 6.56. The number of hydrogen-bond donors (Lipinski definition) is 1. The first-order valence-electron chi connectivity index (χ1n) is 9.12. The van der Waals surface area contributed by atoms with E-state index in [4.69, 9.17) is 51.1 Å². The molecule has 0 fully saturated rings. The molecule has 0 spiro atoms. The van der Waals surface area contributed by atoms with E-state index in [1.54, 1.807) is 48.5 Å². The van der Waals surface area contributed by atoms with Crippen LogP contribution in [0.1, 0.15) is 11.1 Å². The maximum absolute atomic E-state index is 12.6. The molecule has 1 N–H and O–H groups in total. The highest BCUT2D eigenvalue weighted by atomic mass is 127. The molecule has 4 nitrogen and oxygen atoms in total. The number of hydrogen-bond acceptors (Lipinski definition) is 3. The van der Waals surface area contributed by atoms with Gasteiger partial charge in [-0.3, -0.25) is 4.79 Å². The van der Waals surface area contributed by atoms with Gasteiger partial charge in [0, 0.05) is 15.6 Å². The van der Waals surface area contributed by atoms with Gasteiger partial charge in [-0.25, -0.2) is 0 Å². The average Bonchev–Trinajstić information content (AvgIpc) is 2.75. The Balaban J connectivity index is 1.80. The molecule has 0 saturated heterocycles. The van der Waals surface area contributed by atoms with E-state index >= 15 is 0 Å². The van der Waals surface area contributed by atoms with Crippen molar-refractivity contribution in [1.29, 1.82) is 5.26 Å². The van der Waals surface area contributed by atoms with E-state index in [-0.39, 0.29) is 17.2 Å². The van der Waals surface area contributed by atoms with E-state index in [1.165, 1.54) is 6.08 Å². The average molecular weight is 697 g/mol. The third kappa shape index (κ3) is 6.78. The second-order valence-corrected chi connectivity index (χ2v) is 10.2. The van der Waals surface area contributed by atoms with E-state index in [1.807, 2.05) is 6.07 Å². The smallest absolute Gasteiger partial charge is 0.266 e. The van der Waals surface area contributed by atoms with Gasteiger partial charge in [0.15, 0.2) is 0 Å². The number of nitriles is 1. The van der Waals surface area contributed by atoms with E-state index in [0.717, 1.165) is 9.13 Å². The summed E-state index contributed by atoms with van der Waals surface area (Å²) in [4.78, 5) is 12.6. The van der Waals surface area contributed by atoms with Crippen LogP contribution in [0.15, 0.2) is 58.6 Å². The molecular weight excluding hydrogens is 685 g/mol. The Bertz CT molecular complexity index is 1290. The summed E-state index contributed by atoms with van der Waals surface area (Å²) >= 11 is 29.8. The highest BCUT2D eigenvalue weighted by Crippen LogP contribution is 2.34. The van der Waals surface area contributed by atoms with Gasteiger partial charge in [-0.15, -0.1) is 0 Å². The number of carbonyl (C=O) groups is 1. The van der Waals surface area contributed by atoms with Crippen LogP contribution >= 0.6 is 84.9 Å². The van der Waals surface area contributed by atoms with Crippen LogP contribution < -0.4 is 10.1 Å². The normalized spacial score (nSPS) is 11.1. The topological polar surface area (TPSA) is 62.1 Å². The van der Waals surface area contributed by atoms with Crippen molar-refractivity contribution < 1.29 is 9.53 Å². The Morgan fingerprint density at radius 1 is 1.12 bits per heavy atom. The van der Waals surface area contributed by atoms with E-state index < -0.39 is 5.91 Å². The Morgan fingerprint density at radius 3 is 2.55 bits per heavy atom. The minimum atomic E-state index is -0.606. The van der Waals surface area contributed by atoms with Crippen LogP contribution in [0.2, 0.25) is 20.1 Å². The van der Waals surface area contributed by atoms with Crippen molar-refractivity contribution in [2.75, 3.05) is 5.32 Å². The molecule has 0 unspecified atom stereocenters. The van der Waals surface area contributed by atoms with Crippen molar-refractivity contribution in [3.8, 4) is 11.8 Å². The van der Waals surface area contributed by atoms with Crippen LogP contribution in [-0.4, -0.2) is 5.91 Å². The van der Waals surface area contributed by atoms with E-state index in [2.05, 4.69) is 43.8 Å². The summed E-state index contributed by atoms with van der Waals surface area (Å²) in [5.74, 6) is -0.00191. The molecular formula is C23H12BrCl4IN2O2. The number of rotatable bonds is 6. The molecule has 0 radical (unpaired) electrons. The summed E-state index contributed by atoms with van der Waals surface area (Å²) in [6.07, 6.45) is 1.47. The van der Waals surface area contributed by atoms with Crippen molar-refractivity contribution in [3.05, 3.63) is 93.4 Å². The molecule has 1 amide bonds. The number of anilines is 1. The molecule has 33 heavy (non-hydrogen) atoms. The van der Waals surface area contributed by atoms with Gasteiger partial charge >= 0.3 is 0 Å². The highest BCUT2D eigenvalue weighted by molar-refractivity contribution is 14.1. The van der Waals surface area contributed by atoms with Crippen LogP contribution in [-0.2, 0) is 11.4 Å². The molecule has 0 bridgehead atoms. The Morgan fingerprint density at radius 2 is 1.88 bits per heavy atom. The van der Waals surface area contributed by atoms with Crippen LogP contribution in [0.25, 0.3) is 6.08 Å². The maximum atomic E-state index is 12.6. The van der Waals surface area contributed by atoms with Crippen molar-refractivity contribution in [2.24, 2.45) is 0 Å². The first kappa shape index (κ1) is 26.1. The number of amides is 1. The number of nitrogens with one attached hydrogen (secondary N) is 1. The molecule has 0 heterocycles. The Labute approximate surface area is 232 Å². The lowest BCUT2D eigenvalue weighted by Gasteiger charge is -2.13. The van der Waals surface area contributed by atoms with Gasteiger partial charge in [-0.2, -0.15) is 5.26 Å². The van der Waals surface area contributed by atoms with Crippen LogP contribution in [0.3, 0.4) is 0 Å². The number of halogens is 6. The predicted molar refractivity (Wildman–Crippen MR) is 146 cm³/mol. The van der Waals surface area contributed by atoms with Gasteiger partial charge in [0.1, 0.15) is 24.0 Å². The molecule has 3 rings (SSSR count). The summed E-state index contributed by atoms with van der Waals surface area (Å²) in [6, 6.07) is 15.5. The molecule has 0 aliphatic heterocycles. The maximum Gasteiger partial charge on any atom is 0.266 e. The fourth-order valence-electron chi connectivity index (χ4n) is 2.69. The third-order valence-electron chi connectivity index (χ3n) is 4.28. The molecule has 0 atom stereocenters. The lowest BCUT2D eigenvalue weighted by atomic mass is 10.1. The first-order chi connectivity index (χ1) is 15.7. The molecule has 0 aromatic heterocycles. The zero-order chi connectivity index (χ0) is 24.1. The number of nitrogens with zero attached hydrogens (tertiary/aromatic N) is 1. The van der Waals surface area contributed by atoms with E-state index in [0.29, 0.717) is 36.5 Å². The van der Waals surface area contributed by atoms with Crippen LogP contribution in [0, 0.1) is 14.9 Å². The lowest BCUT2D eigenvalue weighted by Crippen LogP contribution is -2.13. The molecule has 0 saturated carbocycles. The predicted octanol–water partition coefficient (Wildman–Crippen LogP) is 8.79. The molecule has 3 aromatic carbocycles.